The quantitative estimate of drug-likeness (QED) is 0.461. The number of hydrazine groups is 1. The van der Waals surface area contributed by atoms with E-state index in [0.717, 1.165) is 16.7 Å². The van der Waals surface area contributed by atoms with E-state index >= 15 is 0 Å². The van der Waals surface area contributed by atoms with Gasteiger partial charge in [-0.05, 0) is 28.8 Å². The Hall–Kier alpha value is -4.97. The Morgan fingerprint density at radius 2 is 1.88 bits per heavy atom. The number of aromatic hydroxyl groups is 1. The van der Waals surface area contributed by atoms with Crippen molar-refractivity contribution in [2.75, 3.05) is 26.7 Å². The van der Waals surface area contributed by atoms with Gasteiger partial charge < -0.3 is 10.4 Å². The molecule has 0 radical (unpaired) electrons. The van der Waals surface area contributed by atoms with Crippen LogP contribution < -0.4 is 5.32 Å². The number of nitrogens with one attached hydrogen (secondary N) is 1. The smallest absolute Gasteiger partial charge is 0.335 e. The molecule has 2 aromatic carbocycles. The van der Waals surface area contributed by atoms with Crippen LogP contribution in [0.3, 0.4) is 0 Å². The highest BCUT2D eigenvalue weighted by Gasteiger charge is 2.56. The summed E-state index contributed by atoms with van der Waals surface area (Å²) in [5.41, 5.74) is 2.54. The predicted octanol–water partition coefficient (Wildman–Crippen LogP) is 2.43. The molecule has 3 unspecified atom stereocenters. The average Bonchev–Trinajstić information content (AvgIpc) is 3.50. The number of carbonyl (C=O) groups is 3. The average molecular weight is 583 g/mol. The second-order valence-corrected chi connectivity index (χ2v) is 11.0. The number of hydrogen-bond donors (Lipinski definition) is 2. The fraction of sp³-hybridized carbons (Fsp3) is 0.323. The van der Waals surface area contributed by atoms with Crippen molar-refractivity contribution in [3.63, 3.8) is 0 Å². The van der Waals surface area contributed by atoms with Crippen molar-refractivity contribution in [2.24, 2.45) is 10.3 Å². The first-order valence-corrected chi connectivity index (χ1v) is 14.2. The van der Waals surface area contributed by atoms with Gasteiger partial charge in [-0.2, -0.15) is 5.11 Å². The third kappa shape index (κ3) is 5.48. The molecule has 6 rings (SSSR count). The van der Waals surface area contributed by atoms with E-state index in [1.165, 1.54) is 9.91 Å². The van der Waals surface area contributed by atoms with E-state index < -0.39 is 18.4 Å². The maximum atomic E-state index is 14.2. The molecule has 0 aromatic heterocycles. The number of benzene rings is 2. The Balaban J connectivity index is 1.35. The molecule has 12 heteroatoms. The van der Waals surface area contributed by atoms with Gasteiger partial charge in [-0.1, -0.05) is 72.0 Å². The van der Waals surface area contributed by atoms with Crippen molar-refractivity contribution < 1.29 is 19.5 Å². The molecule has 12 nitrogen and oxygen atoms in total. The van der Waals surface area contributed by atoms with E-state index in [1.54, 1.807) is 45.3 Å². The number of urea groups is 1. The van der Waals surface area contributed by atoms with Crippen LogP contribution in [0.2, 0.25) is 0 Å². The number of amides is 4. The summed E-state index contributed by atoms with van der Waals surface area (Å²) in [6.07, 6.45) is 6.80. The van der Waals surface area contributed by atoms with Crippen molar-refractivity contribution in [1.29, 1.82) is 0 Å². The number of nitrogens with zero attached hydrogens (tertiary/aromatic N) is 7. The van der Waals surface area contributed by atoms with E-state index in [4.69, 9.17) is 0 Å². The second kappa shape index (κ2) is 11.7. The van der Waals surface area contributed by atoms with Crippen LogP contribution >= 0.6 is 0 Å². The number of carbonyl (C=O) groups excluding carboxylic acids is 3. The molecule has 2 saturated heterocycles. The molecular formula is C31H34N8O4. The maximum Gasteiger partial charge on any atom is 0.335 e. The molecule has 2 fully saturated rings. The van der Waals surface area contributed by atoms with Gasteiger partial charge in [0.05, 0.1) is 12.6 Å². The summed E-state index contributed by atoms with van der Waals surface area (Å²) in [5.74, 6) is -0.423. The first kappa shape index (κ1) is 28.2. The largest absolute Gasteiger partial charge is 0.508 e. The molecular weight excluding hydrogens is 548 g/mol. The van der Waals surface area contributed by atoms with Crippen LogP contribution in [0.4, 0.5) is 4.79 Å². The van der Waals surface area contributed by atoms with Gasteiger partial charge in [0.1, 0.15) is 17.8 Å². The van der Waals surface area contributed by atoms with Crippen LogP contribution in [0, 0.1) is 0 Å². The van der Waals surface area contributed by atoms with Crippen molar-refractivity contribution in [3.8, 4) is 5.75 Å². The first-order valence-electron chi connectivity index (χ1n) is 14.2. The minimum Gasteiger partial charge on any atom is -0.508 e. The van der Waals surface area contributed by atoms with Gasteiger partial charge >= 0.3 is 6.03 Å². The topological polar surface area (TPSA) is 124 Å². The van der Waals surface area contributed by atoms with Gasteiger partial charge in [0.15, 0.2) is 0 Å². The lowest BCUT2D eigenvalue weighted by Gasteiger charge is -2.48. The van der Waals surface area contributed by atoms with Crippen molar-refractivity contribution in [2.45, 2.75) is 37.4 Å². The minimum atomic E-state index is -0.994. The lowest BCUT2D eigenvalue weighted by Crippen LogP contribution is -2.70. The monoisotopic (exact) mass is 582 g/mol. The Bertz CT molecular complexity index is 1490. The van der Waals surface area contributed by atoms with Crippen LogP contribution in [0.25, 0.3) is 0 Å². The zero-order valence-electron chi connectivity index (χ0n) is 23.9. The summed E-state index contributed by atoms with van der Waals surface area (Å²) in [4.78, 5) is 45.0. The number of phenolic OH excluding ortho intramolecular Hbond substituents is 1. The molecule has 2 N–H and O–H groups in total. The van der Waals surface area contributed by atoms with Crippen molar-refractivity contribution in [3.05, 3.63) is 102 Å². The van der Waals surface area contributed by atoms with Gasteiger partial charge in [0, 0.05) is 33.1 Å². The number of likely N-dealkylation sites (N-methyl/N-ethyl adjacent to an activating group) is 1. The molecule has 4 aliphatic rings. The molecule has 222 valence electrons. The third-order valence-corrected chi connectivity index (χ3v) is 8.11. The summed E-state index contributed by atoms with van der Waals surface area (Å²) in [6, 6.07) is 14.7. The Morgan fingerprint density at radius 3 is 2.63 bits per heavy atom. The van der Waals surface area contributed by atoms with Crippen LogP contribution in [0.15, 0.2) is 101 Å². The van der Waals surface area contributed by atoms with Gasteiger partial charge in [-0.25, -0.2) is 14.8 Å². The molecule has 0 spiro atoms. The van der Waals surface area contributed by atoms with E-state index in [-0.39, 0.29) is 62.2 Å². The van der Waals surface area contributed by atoms with E-state index in [0.29, 0.717) is 0 Å². The molecule has 3 aliphatic heterocycles. The SMILES string of the molecule is C=CCN1CC(=O)N2C(N(CC3=CC4N=NN(C)C4C=C3)C(=O)[C@@H]2Cc2ccc(O)cc2)N1C(=O)NCc1ccccc1. The fourth-order valence-corrected chi connectivity index (χ4v) is 6.00. The lowest BCUT2D eigenvalue weighted by atomic mass is 9.98. The molecule has 43 heavy (non-hydrogen) atoms. The highest BCUT2D eigenvalue weighted by molar-refractivity contribution is 5.94. The summed E-state index contributed by atoms with van der Waals surface area (Å²) >= 11 is 0. The molecule has 4 atom stereocenters. The second-order valence-electron chi connectivity index (χ2n) is 11.0. The molecule has 0 saturated carbocycles. The molecule has 2 aromatic rings. The van der Waals surface area contributed by atoms with Gasteiger partial charge in [0.25, 0.3) is 0 Å². The summed E-state index contributed by atoms with van der Waals surface area (Å²) in [6.45, 7) is 4.42. The zero-order valence-corrected chi connectivity index (χ0v) is 23.9. The Kier molecular flexibility index (Phi) is 7.68. The lowest BCUT2D eigenvalue weighted by molar-refractivity contribution is -0.176. The zero-order chi connectivity index (χ0) is 30.1. The minimum absolute atomic E-state index is 0.0105. The fourth-order valence-electron chi connectivity index (χ4n) is 6.00. The highest BCUT2D eigenvalue weighted by Crippen LogP contribution is 2.34. The summed E-state index contributed by atoms with van der Waals surface area (Å²) in [5, 5.41) is 26.1. The first-order chi connectivity index (χ1) is 20.8. The van der Waals surface area contributed by atoms with Crippen LogP contribution in [0.5, 0.6) is 5.75 Å². The summed E-state index contributed by atoms with van der Waals surface area (Å²) < 4.78 is 0. The van der Waals surface area contributed by atoms with Crippen molar-refractivity contribution >= 4 is 17.8 Å². The Morgan fingerprint density at radius 1 is 1.12 bits per heavy atom. The molecule has 4 amide bonds. The highest BCUT2D eigenvalue weighted by atomic mass is 16.3. The standard InChI is InChI=1S/C31H34N8O4/c1-3-15-36-20-28(41)38-27(17-21-9-12-24(40)13-10-21)29(42)37(19-23-11-14-26-25(16-23)33-34-35(26)2)31(38)39(36)30(43)32-18-22-7-5-4-6-8-22/h3-14,16,25-27,31,40H,1,15,17-20H2,2H3,(H,32,43)/t25?,26?,27-,31?/m0/s1. The van der Waals surface area contributed by atoms with Crippen LogP contribution in [-0.2, 0) is 22.6 Å². The van der Waals surface area contributed by atoms with E-state index in [1.807, 2.05) is 55.6 Å². The van der Waals surface area contributed by atoms with E-state index in [2.05, 4.69) is 22.2 Å². The van der Waals surface area contributed by atoms with Gasteiger partial charge in [-0.15, -0.1) is 6.58 Å². The Labute approximate surface area is 249 Å². The van der Waals surface area contributed by atoms with Crippen LogP contribution in [-0.4, -0.2) is 98.9 Å². The van der Waals surface area contributed by atoms with Crippen molar-refractivity contribution in [1.82, 2.24) is 30.1 Å². The number of rotatable bonds is 8. The van der Waals surface area contributed by atoms with Gasteiger partial charge in [0.2, 0.25) is 18.1 Å². The third-order valence-electron chi connectivity index (χ3n) is 8.11. The van der Waals surface area contributed by atoms with Gasteiger partial charge in [-0.3, -0.25) is 24.4 Å². The number of phenols is 1. The number of fused-ring (bicyclic) bond motifs is 2. The predicted molar refractivity (Wildman–Crippen MR) is 158 cm³/mol. The normalized spacial score (nSPS) is 24.7. The summed E-state index contributed by atoms with van der Waals surface area (Å²) in [7, 11) is 1.86. The van der Waals surface area contributed by atoms with Crippen LogP contribution in [0.1, 0.15) is 11.1 Å². The molecule has 0 bridgehead atoms. The van der Waals surface area contributed by atoms with E-state index in [9.17, 15) is 19.5 Å². The maximum absolute atomic E-state index is 14.2. The number of hydrogen-bond acceptors (Lipinski definition) is 8. The molecule has 3 heterocycles. The molecule has 1 aliphatic carbocycles.